The molecule has 0 aromatic heterocycles. The first kappa shape index (κ1) is 21.5. The smallest absolute Gasteiger partial charge is 0.341 e. The van der Waals surface area contributed by atoms with Gasteiger partial charge in [0.25, 0.3) is 5.91 Å². The van der Waals surface area contributed by atoms with Crippen molar-refractivity contribution in [2.75, 3.05) is 0 Å². The van der Waals surface area contributed by atoms with E-state index in [9.17, 15) is 26.8 Å². The fourth-order valence-electron chi connectivity index (χ4n) is 2.20. The minimum Gasteiger partial charge on any atom is -0.449 e. The van der Waals surface area contributed by atoms with Gasteiger partial charge in [0.05, 0.1) is 10.5 Å². The van der Waals surface area contributed by atoms with Gasteiger partial charge in [-0.2, -0.15) is 8.78 Å². The van der Waals surface area contributed by atoms with Gasteiger partial charge >= 0.3 is 11.7 Å². The molecule has 0 saturated heterocycles. The van der Waals surface area contributed by atoms with Gasteiger partial charge < -0.3 is 10.1 Å². The molecular weight excluding hydrogens is 392 g/mol. The van der Waals surface area contributed by atoms with Crippen LogP contribution in [-0.2, 0) is 25.9 Å². The molecule has 6 nitrogen and oxygen atoms in total. The molecule has 2 aromatic carbocycles. The van der Waals surface area contributed by atoms with Crippen molar-refractivity contribution in [1.82, 2.24) is 5.32 Å². The molecular formula is C19H19F2NO5S. The van der Waals surface area contributed by atoms with Gasteiger partial charge in [-0.15, -0.1) is 0 Å². The topological polar surface area (TPSA) is 89.5 Å². The molecule has 0 aliphatic carbocycles. The molecule has 0 spiro atoms. The lowest BCUT2D eigenvalue weighted by atomic mass is 10.1. The van der Waals surface area contributed by atoms with Gasteiger partial charge in [-0.1, -0.05) is 29.8 Å². The molecule has 0 aliphatic rings. The molecule has 0 fully saturated rings. The molecule has 1 N–H and O–H groups in total. The SMILES string of the molecule is Cc1ccc(CNC(=O)[C@H](C)OC(=O)c2ccc(S(=O)(=O)C(F)F)cc2)cc1. The summed E-state index contributed by atoms with van der Waals surface area (Å²) in [7, 11) is -4.74. The Morgan fingerprint density at radius 2 is 1.61 bits per heavy atom. The first-order valence-electron chi connectivity index (χ1n) is 8.27. The van der Waals surface area contributed by atoms with Crippen LogP contribution in [0, 0.1) is 6.92 Å². The second-order valence-electron chi connectivity index (χ2n) is 6.08. The largest absolute Gasteiger partial charge is 0.449 e. The highest BCUT2D eigenvalue weighted by Crippen LogP contribution is 2.19. The van der Waals surface area contributed by atoms with Crippen LogP contribution < -0.4 is 5.32 Å². The van der Waals surface area contributed by atoms with Crippen molar-refractivity contribution in [3.05, 3.63) is 65.2 Å². The number of nitrogens with one attached hydrogen (secondary N) is 1. The summed E-state index contributed by atoms with van der Waals surface area (Å²) >= 11 is 0. The first-order valence-corrected chi connectivity index (χ1v) is 9.82. The molecule has 0 heterocycles. The maximum absolute atomic E-state index is 12.5. The number of aryl methyl sites for hydroxylation is 1. The first-order chi connectivity index (χ1) is 13.1. The summed E-state index contributed by atoms with van der Waals surface area (Å²) in [6, 6.07) is 11.4. The number of carbonyl (C=O) groups is 2. The third-order valence-corrected chi connectivity index (χ3v) is 5.29. The second-order valence-corrected chi connectivity index (χ2v) is 8.00. The summed E-state index contributed by atoms with van der Waals surface area (Å²) in [6.45, 7) is 3.60. The van der Waals surface area contributed by atoms with Gasteiger partial charge in [-0.3, -0.25) is 4.79 Å². The molecule has 1 amide bonds. The van der Waals surface area contributed by atoms with Crippen LogP contribution in [0.25, 0.3) is 0 Å². The van der Waals surface area contributed by atoms with Gasteiger partial charge in [-0.05, 0) is 43.7 Å². The Morgan fingerprint density at radius 3 is 2.14 bits per heavy atom. The molecule has 0 radical (unpaired) electrons. The number of sulfone groups is 1. The van der Waals surface area contributed by atoms with Crippen molar-refractivity contribution in [2.45, 2.75) is 37.1 Å². The Kier molecular flexibility index (Phi) is 6.85. The highest BCUT2D eigenvalue weighted by Gasteiger charge is 2.27. The predicted octanol–water partition coefficient (Wildman–Crippen LogP) is 2.85. The normalized spacial score (nSPS) is 12.5. The molecule has 0 aliphatic heterocycles. The van der Waals surface area contributed by atoms with Gasteiger partial charge in [0.2, 0.25) is 9.84 Å². The van der Waals surface area contributed by atoms with Crippen molar-refractivity contribution in [2.24, 2.45) is 0 Å². The van der Waals surface area contributed by atoms with Crippen LogP contribution in [0.1, 0.15) is 28.4 Å². The van der Waals surface area contributed by atoms with Crippen LogP contribution in [0.5, 0.6) is 0 Å². The van der Waals surface area contributed by atoms with E-state index in [1.807, 2.05) is 31.2 Å². The highest BCUT2D eigenvalue weighted by molar-refractivity contribution is 7.91. The highest BCUT2D eigenvalue weighted by atomic mass is 32.2. The van der Waals surface area contributed by atoms with Gasteiger partial charge in [-0.25, -0.2) is 13.2 Å². The lowest BCUT2D eigenvalue weighted by Gasteiger charge is -2.14. The number of hydrogen-bond donors (Lipinski definition) is 1. The van der Waals surface area contributed by atoms with E-state index < -0.39 is 38.5 Å². The molecule has 1 atom stereocenters. The molecule has 0 bridgehead atoms. The predicted molar refractivity (Wildman–Crippen MR) is 97.5 cm³/mol. The average molecular weight is 411 g/mol. The number of ether oxygens (including phenoxy) is 1. The van der Waals surface area contributed by atoms with Crippen LogP contribution in [0.2, 0.25) is 0 Å². The van der Waals surface area contributed by atoms with E-state index in [-0.39, 0.29) is 12.1 Å². The molecule has 0 saturated carbocycles. The van der Waals surface area contributed by atoms with Crippen molar-refractivity contribution in [3.63, 3.8) is 0 Å². The number of alkyl halides is 2. The third-order valence-electron chi connectivity index (χ3n) is 3.89. The summed E-state index contributed by atoms with van der Waals surface area (Å²) in [5.74, 6) is -4.94. The monoisotopic (exact) mass is 411 g/mol. The average Bonchev–Trinajstić information content (AvgIpc) is 2.67. The number of benzene rings is 2. The van der Waals surface area contributed by atoms with E-state index in [1.54, 1.807) is 0 Å². The number of hydrogen-bond acceptors (Lipinski definition) is 5. The van der Waals surface area contributed by atoms with E-state index >= 15 is 0 Å². The van der Waals surface area contributed by atoms with E-state index in [1.165, 1.54) is 6.92 Å². The zero-order chi connectivity index (χ0) is 20.9. The number of esters is 1. The lowest BCUT2D eigenvalue weighted by molar-refractivity contribution is -0.129. The number of carbonyl (C=O) groups excluding carboxylic acids is 2. The van der Waals surface area contributed by atoms with Crippen molar-refractivity contribution in [1.29, 1.82) is 0 Å². The maximum Gasteiger partial charge on any atom is 0.341 e. The zero-order valence-corrected chi connectivity index (χ0v) is 16.0. The summed E-state index contributed by atoms with van der Waals surface area (Å²) in [5.41, 5.74) is 1.91. The minimum absolute atomic E-state index is 0.0635. The van der Waals surface area contributed by atoms with E-state index in [4.69, 9.17) is 4.74 Å². The second kappa shape index (κ2) is 8.92. The van der Waals surface area contributed by atoms with Gasteiger partial charge in [0, 0.05) is 6.54 Å². The lowest BCUT2D eigenvalue weighted by Crippen LogP contribution is -2.35. The van der Waals surface area contributed by atoms with Crippen molar-refractivity contribution >= 4 is 21.7 Å². The van der Waals surface area contributed by atoms with E-state index in [0.29, 0.717) is 0 Å². The quantitative estimate of drug-likeness (QED) is 0.708. The van der Waals surface area contributed by atoms with Crippen LogP contribution in [-0.4, -0.2) is 32.2 Å². The minimum atomic E-state index is -4.74. The molecule has 2 rings (SSSR count). The van der Waals surface area contributed by atoms with Crippen LogP contribution in [0.3, 0.4) is 0 Å². The molecule has 150 valence electrons. The van der Waals surface area contributed by atoms with Gasteiger partial charge in [0.1, 0.15) is 0 Å². The van der Waals surface area contributed by atoms with Crippen LogP contribution in [0.4, 0.5) is 8.78 Å². The summed E-state index contributed by atoms with van der Waals surface area (Å²) in [5, 5.41) is 2.64. The number of amides is 1. The standard InChI is InChI=1S/C19H19F2NO5S/c1-12-3-5-14(6-4-12)11-22-17(23)13(2)27-18(24)15-7-9-16(10-8-15)28(25,26)19(20)21/h3-10,13,19H,11H2,1-2H3,(H,22,23)/t13-/m0/s1. The molecule has 9 heteroatoms. The third kappa shape index (κ3) is 5.35. The van der Waals surface area contributed by atoms with Gasteiger partial charge in [0.15, 0.2) is 6.10 Å². The summed E-state index contributed by atoms with van der Waals surface area (Å²) in [4.78, 5) is 23.5. The van der Waals surface area contributed by atoms with Crippen LogP contribution in [0.15, 0.2) is 53.4 Å². The summed E-state index contributed by atoms with van der Waals surface area (Å²) in [6.07, 6.45) is -1.09. The van der Waals surface area contributed by atoms with Crippen molar-refractivity contribution in [3.8, 4) is 0 Å². The Bertz CT molecular complexity index is 941. The Morgan fingerprint density at radius 1 is 1.04 bits per heavy atom. The van der Waals surface area contributed by atoms with Crippen molar-refractivity contribution < 1.29 is 31.5 Å². The van der Waals surface area contributed by atoms with E-state index in [2.05, 4.69) is 5.32 Å². The Hall–Kier alpha value is -2.81. The molecule has 2 aromatic rings. The number of rotatable bonds is 7. The molecule has 28 heavy (non-hydrogen) atoms. The fraction of sp³-hybridized carbons (Fsp3) is 0.263. The molecule has 0 unspecified atom stereocenters. The summed E-state index contributed by atoms with van der Waals surface area (Å²) < 4.78 is 52.8. The number of halogens is 2. The maximum atomic E-state index is 12.5. The Balaban J connectivity index is 1.94. The fourth-order valence-corrected chi connectivity index (χ4v) is 2.93. The van der Waals surface area contributed by atoms with Crippen LogP contribution >= 0.6 is 0 Å². The van der Waals surface area contributed by atoms with E-state index in [0.717, 1.165) is 35.4 Å². The Labute approximate surface area is 161 Å². The zero-order valence-electron chi connectivity index (χ0n) is 15.2.